The summed E-state index contributed by atoms with van der Waals surface area (Å²) in [6.07, 6.45) is -0.00209. The number of ether oxygens (including phenoxy) is 2. The number of benzene rings is 3. The van der Waals surface area contributed by atoms with Gasteiger partial charge in [0.05, 0.1) is 32.4 Å². The number of halogens is 2. The summed E-state index contributed by atoms with van der Waals surface area (Å²) >= 11 is 0. The van der Waals surface area contributed by atoms with Crippen molar-refractivity contribution >= 4 is 29.0 Å². The van der Waals surface area contributed by atoms with Gasteiger partial charge in [-0.25, -0.2) is 13.8 Å². The van der Waals surface area contributed by atoms with E-state index in [4.69, 9.17) is 14.5 Å². The first-order chi connectivity index (χ1) is 18.8. The zero-order chi connectivity index (χ0) is 27.7. The second-order valence-electron chi connectivity index (χ2n) is 9.84. The van der Waals surface area contributed by atoms with Gasteiger partial charge in [0.1, 0.15) is 23.1 Å². The number of fused-ring (bicyclic) bond motifs is 1. The number of esters is 1. The zero-order valence-corrected chi connectivity index (χ0v) is 22.6. The molecule has 9 heteroatoms. The van der Waals surface area contributed by atoms with E-state index in [-0.39, 0.29) is 17.9 Å². The minimum Gasteiger partial charge on any atom is -0.495 e. The molecule has 7 nitrogen and oxygen atoms in total. The Bertz CT molecular complexity index is 1420. The third kappa shape index (κ3) is 5.13. The lowest BCUT2D eigenvalue weighted by Gasteiger charge is -2.45. The fourth-order valence-corrected chi connectivity index (χ4v) is 5.27. The summed E-state index contributed by atoms with van der Waals surface area (Å²) in [6, 6.07) is 15.2. The Hall–Kier alpha value is -4.14. The number of para-hydroxylation sites is 1. The van der Waals surface area contributed by atoms with E-state index < -0.39 is 17.8 Å². The molecule has 39 heavy (non-hydrogen) atoms. The number of hydrogen-bond donors (Lipinski definition) is 0. The van der Waals surface area contributed by atoms with Gasteiger partial charge in [-0.2, -0.15) is 0 Å². The number of piperazine rings is 1. The van der Waals surface area contributed by atoms with Gasteiger partial charge >= 0.3 is 5.97 Å². The highest BCUT2D eigenvalue weighted by molar-refractivity contribution is 6.02. The number of carbonyl (C=O) groups is 1. The Morgan fingerprint density at radius 2 is 1.69 bits per heavy atom. The molecule has 0 N–H and O–H groups in total. The smallest absolute Gasteiger partial charge is 0.307 e. The van der Waals surface area contributed by atoms with E-state index in [1.807, 2.05) is 36.1 Å². The summed E-state index contributed by atoms with van der Waals surface area (Å²) in [5.74, 6) is 0.0681. The number of aliphatic imine (C=N–C) groups is 1. The van der Waals surface area contributed by atoms with E-state index in [2.05, 4.69) is 9.80 Å². The van der Waals surface area contributed by atoms with Crippen LogP contribution in [0.1, 0.15) is 29.2 Å². The molecule has 1 atom stereocenters. The molecule has 2 aliphatic heterocycles. The van der Waals surface area contributed by atoms with Gasteiger partial charge in [0.2, 0.25) is 5.96 Å². The van der Waals surface area contributed by atoms with Crippen LogP contribution in [0.2, 0.25) is 0 Å². The molecule has 0 aliphatic carbocycles. The molecule has 2 heterocycles. The summed E-state index contributed by atoms with van der Waals surface area (Å²) in [6.45, 7) is 6.25. The highest BCUT2D eigenvalue weighted by Gasteiger charge is 2.38. The van der Waals surface area contributed by atoms with Gasteiger partial charge in [-0.1, -0.05) is 18.2 Å². The molecule has 0 bridgehead atoms. The zero-order valence-electron chi connectivity index (χ0n) is 22.6. The van der Waals surface area contributed by atoms with Gasteiger partial charge in [-0.3, -0.25) is 4.79 Å². The SMILES string of the molecule is COC(=O)CC1c2cccc(F)c2N=C(N2CCN(c3ccc(F)c(C)c3)CC2)N1c1cc(C)ccc1OC. The highest BCUT2D eigenvalue weighted by Crippen LogP contribution is 2.44. The quantitative estimate of drug-likeness (QED) is 0.402. The lowest BCUT2D eigenvalue weighted by Crippen LogP contribution is -2.55. The molecule has 0 spiro atoms. The molecule has 0 radical (unpaired) electrons. The molecule has 3 aromatic rings. The van der Waals surface area contributed by atoms with E-state index in [1.54, 1.807) is 32.2 Å². The first kappa shape index (κ1) is 26.5. The number of rotatable bonds is 5. The van der Waals surface area contributed by atoms with Crippen molar-refractivity contribution in [2.75, 3.05) is 50.2 Å². The second kappa shape index (κ2) is 10.9. The highest BCUT2D eigenvalue weighted by atomic mass is 19.1. The third-order valence-corrected chi connectivity index (χ3v) is 7.37. The fraction of sp³-hybridized carbons (Fsp3) is 0.333. The van der Waals surface area contributed by atoms with Crippen molar-refractivity contribution in [2.24, 2.45) is 4.99 Å². The van der Waals surface area contributed by atoms with Crippen LogP contribution in [0.25, 0.3) is 0 Å². The first-order valence-electron chi connectivity index (χ1n) is 12.9. The normalized spacial score (nSPS) is 17.0. The molecule has 5 rings (SSSR count). The van der Waals surface area contributed by atoms with Gasteiger partial charge in [0.25, 0.3) is 0 Å². The molecular formula is C30H32F2N4O3. The number of methoxy groups -OCH3 is 2. The molecule has 1 saturated heterocycles. The van der Waals surface area contributed by atoms with Gasteiger partial charge in [0, 0.05) is 37.4 Å². The van der Waals surface area contributed by atoms with Crippen LogP contribution in [0, 0.1) is 25.5 Å². The molecule has 1 unspecified atom stereocenters. The number of hydrogen-bond acceptors (Lipinski definition) is 7. The van der Waals surface area contributed by atoms with Gasteiger partial charge in [0.15, 0.2) is 0 Å². The monoisotopic (exact) mass is 534 g/mol. The Balaban J connectivity index is 1.57. The Morgan fingerprint density at radius 1 is 0.949 bits per heavy atom. The predicted octanol–water partition coefficient (Wildman–Crippen LogP) is 5.52. The summed E-state index contributed by atoms with van der Waals surface area (Å²) in [5, 5.41) is 0. The van der Waals surface area contributed by atoms with Gasteiger partial charge in [-0.05, 0) is 61.4 Å². The largest absolute Gasteiger partial charge is 0.495 e. The molecule has 1 fully saturated rings. The minimum atomic E-state index is -0.566. The van der Waals surface area contributed by atoms with E-state index >= 15 is 4.39 Å². The van der Waals surface area contributed by atoms with Crippen LogP contribution in [0.5, 0.6) is 5.75 Å². The second-order valence-corrected chi connectivity index (χ2v) is 9.84. The van der Waals surface area contributed by atoms with Crippen LogP contribution < -0.4 is 14.5 Å². The van der Waals surface area contributed by atoms with Crippen LogP contribution in [0.15, 0.2) is 59.6 Å². The maximum atomic E-state index is 15.2. The lowest BCUT2D eigenvalue weighted by atomic mass is 9.96. The number of guanidine groups is 1. The summed E-state index contributed by atoms with van der Waals surface area (Å²) in [7, 11) is 2.95. The summed E-state index contributed by atoms with van der Waals surface area (Å²) in [5.41, 5.74) is 4.12. The standard InChI is InChI=1S/C30H32F2N4O3/c1-19-8-11-27(38-3)26(16-19)36-25(18-28(37)39-4)22-6-5-7-24(32)29(22)33-30(36)35-14-12-34(13-15-35)21-9-10-23(31)20(2)17-21/h5-11,16-17,25H,12-15,18H2,1-4H3. The van der Waals surface area contributed by atoms with E-state index in [9.17, 15) is 9.18 Å². The maximum Gasteiger partial charge on any atom is 0.307 e. The van der Waals surface area contributed by atoms with Crippen LogP contribution in [-0.2, 0) is 9.53 Å². The fourth-order valence-electron chi connectivity index (χ4n) is 5.27. The van der Waals surface area contributed by atoms with Gasteiger partial charge < -0.3 is 24.2 Å². The number of anilines is 2. The molecule has 2 aliphatic rings. The number of carbonyl (C=O) groups excluding carboxylic acids is 1. The number of nitrogens with zero attached hydrogens (tertiary/aromatic N) is 4. The lowest BCUT2D eigenvalue weighted by molar-refractivity contribution is -0.141. The van der Waals surface area contributed by atoms with Crippen molar-refractivity contribution in [1.29, 1.82) is 0 Å². The Morgan fingerprint density at radius 3 is 2.38 bits per heavy atom. The van der Waals surface area contributed by atoms with Crippen LogP contribution >= 0.6 is 0 Å². The van der Waals surface area contributed by atoms with E-state index in [1.165, 1.54) is 19.2 Å². The van der Waals surface area contributed by atoms with E-state index in [0.29, 0.717) is 49.0 Å². The molecule has 0 aromatic heterocycles. The number of aryl methyl sites for hydroxylation is 2. The molecule has 204 valence electrons. The first-order valence-corrected chi connectivity index (χ1v) is 12.9. The van der Waals surface area contributed by atoms with Crippen molar-refractivity contribution in [3.05, 3.63) is 82.9 Å². The topological polar surface area (TPSA) is 57.6 Å². The Labute approximate surface area is 227 Å². The summed E-state index contributed by atoms with van der Waals surface area (Å²) in [4.78, 5) is 23.8. The average molecular weight is 535 g/mol. The maximum absolute atomic E-state index is 15.2. The molecule has 3 aromatic carbocycles. The van der Waals surface area contributed by atoms with Crippen molar-refractivity contribution in [2.45, 2.75) is 26.3 Å². The minimum absolute atomic E-state index is 0.00209. The average Bonchev–Trinajstić information content (AvgIpc) is 2.94. The van der Waals surface area contributed by atoms with Crippen LogP contribution in [-0.4, -0.2) is 57.2 Å². The molecule has 0 amide bonds. The van der Waals surface area contributed by atoms with Crippen molar-refractivity contribution in [1.82, 2.24) is 4.90 Å². The summed E-state index contributed by atoms with van der Waals surface area (Å²) < 4.78 is 39.8. The third-order valence-electron chi connectivity index (χ3n) is 7.37. The van der Waals surface area contributed by atoms with Gasteiger partial charge in [-0.15, -0.1) is 0 Å². The van der Waals surface area contributed by atoms with Crippen molar-refractivity contribution in [3.8, 4) is 5.75 Å². The van der Waals surface area contributed by atoms with Crippen molar-refractivity contribution in [3.63, 3.8) is 0 Å². The Kier molecular flexibility index (Phi) is 7.41. The molecule has 0 saturated carbocycles. The van der Waals surface area contributed by atoms with Crippen LogP contribution in [0.4, 0.5) is 25.8 Å². The predicted molar refractivity (Wildman–Crippen MR) is 148 cm³/mol. The molecular weight excluding hydrogens is 502 g/mol. The van der Waals surface area contributed by atoms with Crippen molar-refractivity contribution < 1.29 is 23.0 Å². The van der Waals surface area contributed by atoms with Crippen LogP contribution in [0.3, 0.4) is 0 Å². The van der Waals surface area contributed by atoms with E-state index in [0.717, 1.165) is 16.9 Å².